The van der Waals surface area contributed by atoms with Crippen LogP contribution in [0.4, 0.5) is 4.79 Å². The predicted octanol–water partition coefficient (Wildman–Crippen LogP) is 1.54. The molecule has 1 atom stereocenters. The molecule has 4 nitrogen and oxygen atoms in total. The fourth-order valence-corrected chi connectivity index (χ4v) is 1.58. The Hall–Kier alpha value is -1.03. The van der Waals surface area contributed by atoms with Crippen LogP contribution in [-0.4, -0.2) is 40.9 Å². The zero-order valence-corrected chi connectivity index (χ0v) is 9.62. The van der Waals surface area contributed by atoms with Crippen LogP contribution in [0.25, 0.3) is 0 Å². The molecule has 15 heavy (non-hydrogen) atoms. The summed E-state index contributed by atoms with van der Waals surface area (Å²) in [4.78, 5) is 13.3. The Morgan fingerprint density at radius 1 is 1.67 bits per heavy atom. The van der Waals surface area contributed by atoms with Crippen molar-refractivity contribution in [1.29, 1.82) is 0 Å². The van der Waals surface area contributed by atoms with Crippen molar-refractivity contribution in [2.45, 2.75) is 38.8 Å². The van der Waals surface area contributed by atoms with Gasteiger partial charge in [-0.15, -0.1) is 0 Å². The van der Waals surface area contributed by atoms with Gasteiger partial charge in [-0.2, -0.15) is 0 Å². The first kappa shape index (κ1) is 12.0. The van der Waals surface area contributed by atoms with E-state index in [4.69, 9.17) is 9.84 Å². The van der Waals surface area contributed by atoms with E-state index in [1.165, 1.54) is 4.90 Å². The van der Waals surface area contributed by atoms with E-state index in [0.29, 0.717) is 13.0 Å². The first-order valence-corrected chi connectivity index (χ1v) is 5.10. The predicted molar refractivity (Wildman–Crippen MR) is 57.6 cm³/mol. The lowest BCUT2D eigenvalue weighted by atomic mass is 10.2. The van der Waals surface area contributed by atoms with Crippen molar-refractivity contribution in [1.82, 2.24) is 4.90 Å². The zero-order chi connectivity index (χ0) is 11.6. The normalized spacial score (nSPS) is 22.0. The number of aliphatic hydroxyl groups is 1. The third kappa shape index (κ3) is 3.23. The lowest BCUT2D eigenvalue weighted by Crippen LogP contribution is -2.41. The number of amides is 1. The summed E-state index contributed by atoms with van der Waals surface area (Å²) in [5.41, 5.74) is 0.459. The number of aliphatic hydroxyl groups excluding tert-OH is 1. The topological polar surface area (TPSA) is 49.8 Å². The number of likely N-dealkylation sites (tertiary alicyclic amines) is 1. The van der Waals surface area contributed by atoms with Crippen LogP contribution < -0.4 is 0 Å². The third-order valence-corrected chi connectivity index (χ3v) is 2.20. The van der Waals surface area contributed by atoms with Gasteiger partial charge in [0.25, 0.3) is 0 Å². The van der Waals surface area contributed by atoms with Gasteiger partial charge in [0.1, 0.15) is 5.60 Å². The SMILES string of the molecule is C=C1C[C@@H](CO)N(C(=O)OC(C)(C)C)C1. The third-order valence-electron chi connectivity index (χ3n) is 2.20. The van der Waals surface area contributed by atoms with Crippen molar-refractivity contribution in [3.05, 3.63) is 12.2 Å². The number of ether oxygens (including phenoxy) is 1. The molecular formula is C11H19NO3. The van der Waals surface area contributed by atoms with Gasteiger partial charge in [0.2, 0.25) is 0 Å². The quantitative estimate of drug-likeness (QED) is 0.672. The molecule has 1 aliphatic rings. The molecule has 0 unspecified atom stereocenters. The van der Waals surface area contributed by atoms with Crippen molar-refractivity contribution in [3.63, 3.8) is 0 Å². The number of carbonyl (C=O) groups is 1. The summed E-state index contributed by atoms with van der Waals surface area (Å²) in [6.07, 6.45) is 0.288. The van der Waals surface area contributed by atoms with Crippen LogP contribution in [0.2, 0.25) is 0 Å². The van der Waals surface area contributed by atoms with Gasteiger partial charge in [-0.1, -0.05) is 12.2 Å². The molecule has 1 saturated heterocycles. The Bertz CT molecular complexity index is 267. The van der Waals surface area contributed by atoms with Gasteiger partial charge in [-0.25, -0.2) is 4.79 Å². The first-order chi connectivity index (χ1) is 6.83. The second-order valence-electron chi connectivity index (χ2n) is 4.90. The smallest absolute Gasteiger partial charge is 0.410 e. The molecule has 0 aromatic heterocycles. The second kappa shape index (κ2) is 4.23. The maximum Gasteiger partial charge on any atom is 0.410 e. The second-order valence-corrected chi connectivity index (χ2v) is 4.90. The monoisotopic (exact) mass is 213 g/mol. The van der Waals surface area contributed by atoms with E-state index in [1.807, 2.05) is 20.8 Å². The molecule has 1 aliphatic heterocycles. The Kier molecular flexibility index (Phi) is 3.39. The van der Waals surface area contributed by atoms with E-state index in [0.717, 1.165) is 5.57 Å². The van der Waals surface area contributed by atoms with Crippen LogP contribution in [0, 0.1) is 0 Å². The largest absolute Gasteiger partial charge is 0.444 e. The summed E-state index contributed by atoms with van der Waals surface area (Å²) in [5.74, 6) is 0. The molecule has 0 spiro atoms. The van der Waals surface area contributed by atoms with Crippen LogP contribution in [0.15, 0.2) is 12.2 Å². The molecule has 1 amide bonds. The summed E-state index contributed by atoms with van der Waals surface area (Å²) >= 11 is 0. The standard InChI is InChI=1S/C11H19NO3/c1-8-5-9(7-13)12(6-8)10(14)15-11(2,3)4/h9,13H,1,5-7H2,2-4H3/t9-/m0/s1. The molecule has 0 aromatic rings. The maximum atomic E-state index is 11.7. The summed E-state index contributed by atoms with van der Waals surface area (Å²) in [5, 5.41) is 9.11. The Balaban J connectivity index is 2.63. The van der Waals surface area contributed by atoms with E-state index in [2.05, 4.69) is 6.58 Å². The fourth-order valence-electron chi connectivity index (χ4n) is 1.58. The highest BCUT2D eigenvalue weighted by molar-refractivity contribution is 5.69. The number of hydrogen-bond donors (Lipinski definition) is 1. The van der Waals surface area contributed by atoms with Crippen LogP contribution >= 0.6 is 0 Å². The van der Waals surface area contributed by atoms with Gasteiger partial charge in [-0.05, 0) is 27.2 Å². The number of nitrogens with zero attached hydrogens (tertiary/aromatic N) is 1. The Morgan fingerprint density at radius 3 is 2.73 bits per heavy atom. The van der Waals surface area contributed by atoms with Crippen LogP contribution in [0.1, 0.15) is 27.2 Å². The van der Waals surface area contributed by atoms with E-state index in [-0.39, 0.29) is 18.7 Å². The molecule has 0 aromatic carbocycles. The zero-order valence-electron chi connectivity index (χ0n) is 9.62. The van der Waals surface area contributed by atoms with Crippen molar-refractivity contribution < 1.29 is 14.6 Å². The molecule has 1 heterocycles. The number of carbonyl (C=O) groups excluding carboxylic acids is 1. The van der Waals surface area contributed by atoms with Crippen LogP contribution in [0.3, 0.4) is 0 Å². The van der Waals surface area contributed by atoms with E-state index in [1.54, 1.807) is 0 Å². The van der Waals surface area contributed by atoms with E-state index in [9.17, 15) is 4.79 Å². The van der Waals surface area contributed by atoms with Crippen molar-refractivity contribution in [2.75, 3.05) is 13.2 Å². The first-order valence-electron chi connectivity index (χ1n) is 5.10. The van der Waals surface area contributed by atoms with Gasteiger partial charge >= 0.3 is 6.09 Å². The molecule has 0 aliphatic carbocycles. The van der Waals surface area contributed by atoms with Gasteiger partial charge < -0.3 is 9.84 Å². The minimum Gasteiger partial charge on any atom is -0.444 e. The molecule has 0 radical (unpaired) electrons. The van der Waals surface area contributed by atoms with Gasteiger partial charge in [0.05, 0.1) is 12.6 Å². The van der Waals surface area contributed by atoms with Gasteiger partial charge in [-0.3, -0.25) is 4.90 Å². The molecule has 86 valence electrons. The highest BCUT2D eigenvalue weighted by atomic mass is 16.6. The van der Waals surface area contributed by atoms with Crippen molar-refractivity contribution in [2.24, 2.45) is 0 Å². The van der Waals surface area contributed by atoms with Crippen LogP contribution in [0.5, 0.6) is 0 Å². The van der Waals surface area contributed by atoms with Crippen LogP contribution in [-0.2, 0) is 4.74 Å². The number of rotatable bonds is 1. The molecule has 0 saturated carbocycles. The highest BCUT2D eigenvalue weighted by Gasteiger charge is 2.33. The minimum absolute atomic E-state index is 0.0434. The molecule has 1 rings (SSSR count). The Morgan fingerprint density at radius 2 is 2.27 bits per heavy atom. The molecule has 0 bridgehead atoms. The summed E-state index contributed by atoms with van der Waals surface area (Å²) < 4.78 is 5.24. The molecule has 1 N–H and O–H groups in total. The number of hydrogen-bond acceptors (Lipinski definition) is 3. The molecular weight excluding hydrogens is 194 g/mol. The van der Waals surface area contributed by atoms with Gasteiger partial charge in [0.15, 0.2) is 0 Å². The van der Waals surface area contributed by atoms with Crippen molar-refractivity contribution in [3.8, 4) is 0 Å². The van der Waals surface area contributed by atoms with E-state index < -0.39 is 5.60 Å². The molecule has 1 fully saturated rings. The van der Waals surface area contributed by atoms with Gasteiger partial charge in [0, 0.05) is 6.54 Å². The maximum absolute atomic E-state index is 11.7. The lowest BCUT2D eigenvalue weighted by molar-refractivity contribution is 0.0178. The average molecular weight is 213 g/mol. The lowest BCUT2D eigenvalue weighted by Gasteiger charge is -2.27. The molecule has 4 heteroatoms. The Labute approximate surface area is 90.5 Å². The minimum atomic E-state index is -0.499. The summed E-state index contributed by atoms with van der Waals surface area (Å²) in [7, 11) is 0. The fraction of sp³-hybridized carbons (Fsp3) is 0.727. The average Bonchev–Trinajstić information content (AvgIpc) is 2.43. The highest BCUT2D eigenvalue weighted by Crippen LogP contribution is 2.23. The van der Waals surface area contributed by atoms with E-state index >= 15 is 0 Å². The summed E-state index contributed by atoms with van der Waals surface area (Å²) in [6.45, 7) is 9.73. The van der Waals surface area contributed by atoms with Crippen molar-refractivity contribution >= 4 is 6.09 Å². The summed E-state index contributed by atoms with van der Waals surface area (Å²) in [6, 6.07) is -0.174.